The van der Waals surface area contributed by atoms with Crippen LogP contribution < -0.4 is 0 Å². The van der Waals surface area contributed by atoms with Gasteiger partial charge in [0.25, 0.3) is 0 Å². The van der Waals surface area contributed by atoms with Crippen molar-refractivity contribution in [2.75, 3.05) is 13.2 Å². The van der Waals surface area contributed by atoms with Crippen molar-refractivity contribution in [1.29, 1.82) is 0 Å². The van der Waals surface area contributed by atoms with Gasteiger partial charge in [0, 0.05) is 19.6 Å². The second kappa shape index (κ2) is 6.35. The van der Waals surface area contributed by atoms with E-state index in [9.17, 15) is 8.78 Å². The highest BCUT2D eigenvalue weighted by molar-refractivity contribution is 4.56. The summed E-state index contributed by atoms with van der Waals surface area (Å²) in [5.41, 5.74) is 0. The fourth-order valence-corrected chi connectivity index (χ4v) is 0.833. The molecule has 1 nitrogen and oxygen atoms in total. The maximum absolute atomic E-state index is 12.2. The highest BCUT2D eigenvalue weighted by Gasteiger charge is 2.19. The number of hydrogen-bond donors (Lipinski definition) is 0. The molecule has 0 aliphatic carbocycles. The van der Waals surface area contributed by atoms with Crippen molar-refractivity contribution >= 4 is 0 Å². The van der Waals surface area contributed by atoms with Crippen LogP contribution in [0.25, 0.3) is 0 Å². The van der Waals surface area contributed by atoms with Gasteiger partial charge in [0.1, 0.15) is 0 Å². The topological polar surface area (TPSA) is 9.23 Å². The van der Waals surface area contributed by atoms with Gasteiger partial charge in [-0.1, -0.05) is 13.3 Å². The number of unbranched alkanes of at least 4 members (excludes halogenated alkanes) is 1. The summed E-state index contributed by atoms with van der Waals surface area (Å²) in [5.74, 6) is -2.53. The van der Waals surface area contributed by atoms with Crippen molar-refractivity contribution in [2.45, 2.75) is 45.5 Å². The zero-order valence-corrected chi connectivity index (χ0v) is 7.91. The van der Waals surface area contributed by atoms with Crippen molar-refractivity contribution in [2.24, 2.45) is 0 Å². The quantitative estimate of drug-likeness (QED) is 0.546. The fraction of sp³-hybridized carbons (Fsp3) is 1.00. The van der Waals surface area contributed by atoms with Crippen molar-refractivity contribution in [1.82, 2.24) is 0 Å². The van der Waals surface area contributed by atoms with E-state index >= 15 is 0 Å². The summed E-state index contributed by atoms with van der Waals surface area (Å²) < 4.78 is 29.6. The Labute approximate surface area is 73.1 Å². The summed E-state index contributed by atoms with van der Waals surface area (Å²) in [4.78, 5) is 0. The summed E-state index contributed by atoms with van der Waals surface area (Å²) >= 11 is 0. The molecule has 0 aromatic carbocycles. The van der Waals surface area contributed by atoms with Gasteiger partial charge in [-0.05, 0) is 19.8 Å². The van der Waals surface area contributed by atoms with Crippen LogP contribution in [0.2, 0.25) is 0 Å². The molecule has 12 heavy (non-hydrogen) atoms. The van der Waals surface area contributed by atoms with Crippen LogP contribution in [0.1, 0.15) is 39.5 Å². The molecule has 0 heterocycles. The van der Waals surface area contributed by atoms with Gasteiger partial charge >= 0.3 is 0 Å². The zero-order chi connectivity index (χ0) is 9.45. The molecule has 0 bridgehead atoms. The molecule has 0 unspecified atom stereocenters. The van der Waals surface area contributed by atoms with Gasteiger partial charge in [0.15, 0.2) is 0 Å². The summed E-state index contributed by atoms with van der Waals surface area (Å²) in [6.45, 7) is 4.18. The normalized spacial score (nSPS) is 12.0. The fourth-order valence-electron chi connectivity index (χ4n) is 0.833. The van der Waals surface area contributed by atoms with Gasteiger partial charge in [-0.3, -0.25) is 0 Å². The SMILES string of the molecule is CCCCOCCCC(C)(F)F. The molecule has 0 fully saturated rings. The van der Waals surface area contributed by atoms with Crippen LogP contribution in [0.4, 0.5) is 8.78 Å². The second-order valence-electron chi connectivity index (χ2n) is 3.14. The first-order valence-electron chi connectivity index (χ1n) is 4.52. The van der Waals surface area contributed by atoms with E-state index in [1.54, 1.807) is 0 Å². The summed E-state index contributed by atoms with van der Waals surface area (Å²) in [6, 6.07) is 0. The van der Waals surface area contributed by atoms with E-state index in [0.717, 1.165) is 19.8 Å². The molecule has 0 amide bonds. The second-order valence-corrected chi connectivity index (χ2v) is 3.14. The Morgan fingerprint density at radius 1 is 1.17 bits per heavy atom. The summed E-state index contributed by atoms with van der Waals surface area (Å²) in [7, 11) is 0. The Kier molecular flexibility index (Phi) is 6.25. The maximum atomic E-state index is 12.2. The van der Waals surface area contributed by atoms with Crippen LogP contribution in [0.3, 0.4) is 0 Å². The van der Waals surface area contributed by atoms with Crippen molar-refractivity contribution < 1.29 is 13.5 Å². The lowest BCUT2D eigenvalue weighted by atomic mass is 10.2. The monoisotopic (exact) mass is 180 g/mol. The highest BCUT2D eigenvalue weighted by Crippen LogP contribution is 2.18. The van der Waals surface area contributed by atoms with Crippen LogP contribution in [-0.4, -0.2) is 19.1 Å². The lowest BCUT2D eigenvalue weighted by molar-refractivity contribution is 0.00169. The van der Waals surface area contributed by atoms with E-state index in [1.807, 2.05) is 0 Å². The molecule has 0 spiro atoms. The Bertz CT molecular complexity index is 99.2. The van der Waals surface area contributed by atoms with Gasteiger partial charge in [-0.15, -0.1) is 0 Å². The molecule has 74 valence electrons. The Morgan fingerprint density at radius 3 is 2.25 bits per heavy atom. The van der Waals surface area contributed by atoms with Crippen LogP contribution in [0.15, 0.2) is 0 Å². The largest absolute Gasteiger partial charge is 0.381 e. The standard InChI is InChI=1S/C9H18F2O/c1-3-4-7-12-8-5-6-9(2,10)11/h3-8H2,1-2H3. The minimum absolute atomic E-state index is 0.0703. The molecular formula is C9H18F2O. The third-order valence-corrected chi connectivity index (χ3v) is 1.55. The molecule has 0 aliphatic rings. The average Bonchev–Trinajstić information content (AvgIpc) is 1.94. The predicted octanol–water partition coefficient (Wildman–Crippen LogP) is 3.24. The minimum Gasteiger partial charge on any atom is -0.381 e. The van der Waals surface area contributed by atoms with Crippen LogP contribution in [0.5, 0.6) is 0 Å². The molecule has 0 aromatic heterocycles. The summed E-state index contributed by atoms with van der Waals surface area (Å²) in [5, 5.41) is 0. The highest BCUT2D eigenvalue weighted by atomic mass is 19.3. The first-order valence-corrected chi connectivity index (χ1v) is 4.52. The number of hydrogen-bond acceptors (Lipinski definition) is 1. The van der Waals surface area contributed by atoms with E-state index in [1.165, 1.54) is 0 Å². The first kappa shape index (κ1) is 11.8. The van der Waals surface area contributed by atoms with Crippen molar-refractivity contribution in [3.05, 3.63) is 0 Å². The Balaban J connectivity index is 3.01. The molecule has 0 aliphatic heterocycles. The van der Waals surface area contributed by atoms with Crippen LogP contribution in [-0.2, 0) is 4.74 Å². The number of rotatable bonds is 7. The third-order valence-electron chi connectivity index (χ3n) is 1.55. The van der Waals surface area contributed by atoms with E-state index in [2.05, 4.69) is 6.92 Å². The lowest BCUT2D eigenvalue weighted by Crippen LogP contribution is -2.10. The average molecular weight is 180 g/mol. The molecule has 0 saturated carbocycles. The van der Waals surface area contributed by atoms with Gasteiger partial charge in [-0.2, -0.15) is 0 Å². The van der Waals surface area contributed by atoms with Crippen LogP contribution in [0, 0.1) is 0 Å². The van der Waals surface area contributed by atoms with Crippen molar-refractivity contribution in [3.63, 3.8) is 0 Å². The lowest BCUT2D eigenvalue weighted by Gasteiger charge is -2.09. The van der Waals surface area contributed by atoms with Gasteiger partial charge < -0.3 is 4.74 Å². The molecule has 0 atom stereocenters. The Morgan fingerprint density at radius 2 is 1.75 bits per heavy atom. The maximum Gasteiger partial charge on any atom is 0.245 e. The third kappa shape index (κ3) is 9.82. The Hall–Kier alpha value is -0.180. The van der Waals surface area contributed by atoms with Gasteiger partial charge in [0.05, 0.1) is 0 Å². The molecule has 0 rings (SSSR count). The smallest absolute Gasteiger partial charge is 0.245 e. The number of halogens is 2. The van der Waals surface area contributed by atoms with Gasteiger partial charge in [-0.25, -0.2) is 8.78 Å². The van der Waals surface area contributed by atoms with E-state index in [-0.39, 0.29) is 6.42 Å². The van der Waals surface area contributed by atoms with E-state index in [0.29, 0.717) is 19.6 Å². The molecule has 0 N–H and O–H groups in total. The summed E-state index contributed by atoms with van der Waals surface area (Å²) in [6.07, 6.45) is 2.48. The molecular weight excluding hydrogens is 162 g/mol. The van der Waals surface area contributed by atoms with Gasteiger partial charge in [0.2, 0.25) is 5.92 Å². The molecule has 0 saturated heterocycles. The van der Waals surface area contributed by atoms with E-state index < -0.39 is 5.92 Å². The zero-order valence-electron chi connectivity index (χ0n) is 7.91. The number of alkyl halides is 2. The predicted molar refractivity (Wildman–Crippen MR) is 45.6 cm³/mol. The molecule has 3 heteroatoms. The molecule has 0 radical (unpaired) electrons. The van der Waals surface area contributed by atoms with E-state index in [4.69, 9.17) is 4.74 Å². The van der Waals surface area contributed by atoms with Crippen LogP contribution >= 0.6 is 0 Å². The number of ether oxygens (including phenoxy) is 1. The van der Waals surface area contributed by atoms with Crippen molar-refractivity contribution in [3.8, 4) is 0 Å². The first-order chi connectivity index (χ1) is 5.56. The minimum atomic E-state index is -2.53. The molecule has 0 aromatic rings.